The van der Waals surface area contributed by atoms with E-state index in [1.54, 1.807) is 17.2 Å². The average Bonchev–Trinajstić information content (AvgIpc) is 2.89. The molecule has 3 aromatic rings. The Morgan fingerprint density at radius 1 is 0.972 bits per heavy atom. The van der Waals surface area contributed by atoms with Crippen molar-refractivity contribution in [1.82, 2.24) is 24.8 Å². The first kappa shape index (κ1) is 25.0. The number of piperazine rings is 1. The number of carboxylic acid groups (broad SMARTS) is 1. The molecule has 2 aromatic heterocycles. The lowest BCUT2D eigenvalue weighted by Crippen LogP contribution is -2.48. The number of fused-ring (bicyclic) bond motifs is 1. The molecule has 1 saturated heterocycles. The minimum absolute atomic E-state index is 0.164. The van der Waals surface area contributed by atoms with E-state index < -0.39 is 6.09 Å². The zero-order chi connectivity index (χ0) is 25.5. The number of anilines is 4. The van der Waals surface area contributed by atoms with Crippen molar-refractivity contribution in [3.8, 4) is 0 Å². The number of nitrogens with zero attached hydrogens (tertiary/aromatic N) is 6. The molecule has 0 bridgehead atoms. The van der Waals surface area contributed by atoms with Gasteiger partial charge in [0.1, 0.15) is 5.82 Å². The summed E-state index contributed by atoms with van der Waals surface area (Å²) >= 11 is 0. The van der Waals surface area contributed by atoms with Crippen LogP contribution in [0.2, 0.25) is 0 Å². The van der Waals surface area contributed by atoms with Crippen LogP contribution < -0.4 is 15.5 Å². The molecule has 3 amide bonds. The lowest BCUT2D eigenvalue weighted by Gasteiger charge is -2.34. The smallest absolute Gasteiger partial charge is 0.407 e. The van der Waals surface area contributed by atoms with Crippen LogP contribution in [0.3, 0.4) is 0 Å². The second kappa shape index (κ2) is 11.5. The number of urea groups is 1. The summed E-state index contributed by atoms with van der Waals surface area (Å²) in [6.45, 7) is 7.78. The van der Waals surface area contributed by atoms with Crippen LogP contribution in [0.5, 0.6) is 0 Å². The van der Waals surface area contributed by atoms with Crippen LogP contribution in [-0.2, 0) is 0 Å². The van der Waals surface area contributed by atoms with Gasteiger partial charge in [-0.15, -0.1) is 0 Å². The minimum Gasteiger partial charge on any atom is -0.465 e. The molecule has 36 heavy (non-hydrogen) atoms. The van der Waals surface area contributed by atoms with Crippen LogP contribution in [0.1, 0.15) is 26.7 Å². The van der Waals surface area contributed by atoms with Crippen LogP contribution >= 0.6 is 0 Å². The van der Waals surface area contributed by atoms with Gasteiger partial charge in [0, 0.05) is 62.2 Å². The summed E-state index contributed by atoms with van der Waals surface area (Å²) in [6, 6.07) is 11.3. The molecule has 4 rings (SSSR count). The molecule has 0 spiro atoms. The van der Waals surface area contributed by atoms with Gasteiger partial charge in [0.25, 0.3) is 0 Å². The second-order valence-corrected chi connectivity index (χ2v) is 8.65. The monoisotopic (exact) mass is 492 g/mol. The molecular weight excluding hydrogens is 460 g/mol. The third-order valence-electron chi connectivity index (χ3n) is 5.99. The number of aromatic nitrogens is 3. The number of nitrogens with one attached hydrogen (secondary N) is 2. The van der Waals surface area contributed by atoms with E-state index in [2.05, 4.69) is 30.5 Å². The first-order valence-electron chi connectivity index (χ1n) is 12.3. The highest BCUT2D eigenvalue weighted by molar-refractivity contribution is 5.89. The highest BCUT2D eigenvalue weighted by atomic mass is 16.4. The Hall–Kier alpha value is -4.15. The number of benzene rings is 1. The summed E-state index contributed by atoms with van der Waals surface area (Å²) < 4.78 is 0. The Kier molecular flexibility index (Phi) is 7.99. The molecule has 1 aliphatic rings. The molecule has 1 aromatic carbocycles. The summed E-state index contributed by atoms with van der Waals surface area (Å²) in [5, 5.41) is 16.0. The maximum Gasteiger partial charge on any atom is 0.407 e. The lowest BCUT2D eigenvalue weighted by atomic mass is 10.2. The van der Waals surface area contributed by atoms with Crippen molar-refractivity contribution in [2.75, 3.05) is 54.8 Å². The predicted octanol–water partition coefficient (Wildman–Crippen LogP) is 4.22. The highest BCUT2D eigenvalue weighted by Crippen LogP contribution is 2.22. The number of pyridine rings is 1. The third-order valence-corrected chi connectivity index (χ3v) is 5.99. The van der Waals surface area contributed by atoms with Gasteiger partial charge in [0.05, 0.1) is 0 Å². The largest absolute Gasteiger partial charge is 0.465 e. The Balaban J connectivity index is 1.41. The molecule has 0 saturated carbocycles. The van der Waals surface area contributed by atoms with E-state index in [0.29, 0.717) is 56.7 Å². The Labute approximate surface area is 210 Å². The number of carbonyl (C=O) groups is 2. The van der Waals surface area contributed by atoms with Gasteiger partial charge in [-0.2, -0.15) is 4.98 Å². The molecule has 3 heterocycles. The molecule has 11 nitrogen and oxygen atoms in total. The summed E-state index contributed by atoms with van der Waals surface area (Å²) in [4.78, 5) is 42.5. The van der Waals surface area contributed by atoms with Gasteiger partial charge in [-0.1, -0.05) is 13.8 Å². The van der Waals surface area contributed by atoms with E-state index in [4.69, 9.17) is 5.11 Å². The summed E-state index contributed by atoms with van der Waals surface area (Å²) in [5.74, 6) is 0.849. The minimum atomic E-state index is -0.872. The van der Waals surface area contributed by atoms with E-state index in [1.165, 1.54) is 4.90 Å². The zero-order valence-electron chi connectivity index (χ0n) is 20.6. The molecule has 0 aliphatic carbocycles. The summed E-state index contributed by atoms with van der Waals surface area (Å²) in [5.41, 5.74) is 2.34. The van der Waals surface area contributed by atoms with Crippen LogP contribution in [0, 0.1) is 0 Å². The van der Waals surface area contributed by atoms with Gasteiger partial charge in [0.15, 0.2) is 5.65 Å². The third kappa shape index (κ3) is 6.09. The molecule has 190 valence electrons. The van der Waals surface area contributed by atoms with Crippen LogP contribution in [0.25, 0.3) is 11.0 Å². The highest BCUT2D eigenvalue weighted by Gasteiger charge is 2.20. The summed E-state index contributed by atoms with van der Waals surface area (Å²) in [6.07, 6.45) is 2.61. The van der Waals surface area contributed by atoms with Crippen molar-refractivity contribution in [2.24, 2.45) is 0 Å². The number of hydrogen-bond acceptors (Lipinski definition) is 7. The van der Waals surface area contributed by atoms with Crippen molar-refractivity contribution in [1.29, 1.82) is 0 Å². The van der Waals surface area contributed by atoms with Gasteiger partial charge in [-0.05, 0) is 49.2 Å². The van der Waals surface area contributed by atoms with Crippen molar-refractivity contribution in [3.05, 3.63) is 42.6 Å². The average molecular weight is 493 g/mol. The number of amides is 3. The maximum atomic E-state index is 12.6. The van der Waals surface area contributed by atoms with E-state index >= 15 is 0 Å². The fourth-order valence-electron chi connectivity index (χ4n) is 4.12. The standard InChI is InChI=1S/C25H32N8O3/c1-3-11-32(12-4-2)24(34)29-21-10-5-18-17-26-23(30-22(18)28-21)27-19-6-8-20(9-7-19)31-13-15-33(16-14-31)25(35)36/h5-10,17H,3-4,11-16H2,1-2H3,(H,35,36)(H2,26,27,28,29,30,34). The number of carbonyl (C=O) groups excluding carboxylic acids is 1. The van der Waals surface area contributed by atoms with Gasteiger partial charge in [-0.25, -0.2) is 19.6 Å². The molecule has 0 atom stereocenters. The fourth-order valence-corrected chi connectivity index (χ4v) is 4.12. The van der Waals surface area contributed by atoms with Gasteiger partial charge in [-0.3, -0.25) is 5.32 Å². The van der Waals surface area contributed by atoms with E-state index in [1.807, 2.05) is 44.2 Å². The van der Waals surface area contributed by atoms with Crippen LogP contribution in [0.4, 0.5) is 32.7 Å². The van der Waals surface area contributed by atoms with Crippen molar-refractivity contribution in [3.63, 3.8) is 0 Å². The fraction of sp³-hybridized carbons (Fsp3) is 0.400. The molecule has 0 unspecified atom stereocenters. The molecule has 11 heteroatoms. The molecule has 1 fully saturated rings. The Morgan fingerprint density at radius 2 is 1.67 bits per heavy atom. The lowest BCUT2D eigenvalue weighted by molar-refractivity contribution is 0.142. The predicted molar refractivity (Wildman–Crippen MR) is 140 cm³/mol. The van der Waals surface area contributed by atoms with Crippen LogP contribution in [0.15, 0.2) is 42.6 Å². The van der Waals surface area contributed by atoms with E-state index in [-0.39, 0.29) is 6.03 Å². The molecule has 3 N–H and O–H groups in total. The van der Waals surface area contributed by atoms with Crippen molar-refractivity contribution >= 4 is 46.3 Å². The Bertz CT molecular complexity index is 1190. The van der Waals surface area contributed by atoms with Gasteiger partial charge >= 0.3 is 12.1 Å². The molecule has 1 aliphatic heterocycles. The van der Waals surface area contributed by atoms with Crippen LogP contribution in [-0.4, -0.2) is 81.3 Å². The second-order valence-electron chi connectivity index (χ2n) is 8.65. The number of rotatable bonds is 8. The van der Waals surface area contributed by atoms with E-state index in [9.17, 15) is 9.59 Å². The quantitative estimate of drug-likeness (QED) is 0.427. The van der Waals surface area contributed by atoms with Gasteiger partial charge in [0.2, 0.25) is 5.95 Å². The first-order chi connectivity index (χ1) is 17.5. The Morgan fingerprint density at radius 3 is 2.31 bits per heavy atom. The molecular formula is C25H32N8O3. The summed E-state index contributed by atoms with van der Waals surface area (Å²) in [7, 11) is 0. The zero-order valence-corrected chi connectivity index (χ0v) is 20.6. The van der Waals surface area contributed by atoms with Crippen molar-refractivity contribution < 1.29 is 14.7 Å². The van der Waals surface area contributed by atoms with Crippen molar-refractivity contribution in [2.45, 2.75) is 26.7 Å². The molecule has 0 radical (unpaired) electrons. The number of hydrogen-bond donors (Lipinski definition) is 3. The van der Waals surface area contributed by atoms with E-state index in [0.717, 1.165) is 29.6 Å². The first-order valence-corrected chi connectivity index (χ1v) is 12.3. The maximum absolute atomic E-state index is 12.6. The topological polar surface area (TPSA) is 127 Å². The van der Waals surface area contributed by atoms with Gasteiger partial charge < -0.3 is 25.1 Å². The SMILES string of the molecule is CCCN(CCC)C(=O)Nc1ccc2cnc(Nc3ccc(N4CCN(C(=O)O)CC4)cc3)nc2n1. The normalized spacial score (nSPS) is 13.5.